The fourth-order valence-corrected chi connectivity index (χ4v) is 3.94. The number of carbonyl (C=O) groups excluding carboxylic acids is 1. The Hall–Kier alpha value is -3.16. The second-order valence-electron chi connectivity index (χ2n) is 6.03. The third-order valence-corrected chi connectivity index (χ3v) is 5.60. The van der Waals surface area contributed by atoms with Crippen LogP contribution >= 0.6 is 11.3 Å². The topological polar surface area (TPSA) is 104 Å². The number of hydrogen-bond acceptors (Lipinski definition) is 5. The van der Waals surface area contributed by atoms with Crippen LogP contribution in [0.2, 0.25) is 0 Å². The zero-order valence-electron chi connectivity index (χ0n) is 13.7. The highest BCUT2D eigenvalue weighted by Gasteiger charge is 2.48. The van der Waals surface area contributed by atoms with Crippen LogP contribution in [0.1, 0.15) is 17.4 Å². The summed E-state index contributed by atoms with van der Waals surface area (Å²) in [6.45, 7) is 1.77. The lowest BCUT2D eigenvalue weighted by atomic mass is 9.82. The van der Waals surface area contributed by atoms with Gasteiger partial charge in [0.2, 0.25) is 5.91 Å². The van der Waals surface area contributed by atoms with Crippen LogP contribution in [0, 0.1) is 34.0 Å². The number of nitriles is 2. The molecule has 0 bridgehead atoms. The van der Waals surface area contributed by atoms with Crippen LogP contribution in [0.5, 0.6) is 0 Å². The van der Waals surface area contributed by atoms with E-state index in [9.17, 15) is 10.1 Å². The Bertz CT molecular complexity index is 951. The number of rotatable bonds is 2. The molecular weight excluding hydrogens is 334 g/mol. The number of nitrogens with one attached hydrogen (secondary N) is 2. The minimum absolute atomic E-state index is 0.0274. The molecule has 6 nitrogen and oxygen atoms in total. The number of carbonyl (C=O) groups is 1. The van der Waals surface area contributed by atoms with Gasteiger partial charge in [-0.05, 0) is 41.6 Å². The molecule has 7 heteroatoms. The molecule has 1 aliphatic rings. The highest BCUT2D eigenvalue weighted by Crippen LogP contribution is 2.39. The Kier molecular flexibility index (Phi) is 4.03. The fourth-order valence-electron chi connectivity index (χ4n) is 2.87. The van der Waals surface area contributed by atoms with E-state index >= 15 is 0 Å². The van der Waals surface area contributed by atoms with Gasteiger partial charge in [-0.2, -0.15) is 10.5 Å². The minimum atomic E-state index is -0.967. The Labute approximate surface area is 149 Å². The molecule has 25 heavy (non-hydrogen) atoms. The normalized spacial score (nSPS) is 22.9. The summed E-state index contributed by atoms with van der Waals surface area (Å²) in [7, 11) is 1.48. The molecule has 124 valence electrons. The van der Waals surface area contributed by atoms with Gasteiger partial charge in [0.25, 0.3) is 0 Å². The maximum atomic E-state index is 12.4. The zero-order chi connectivity index (χ0) is 18.2. The molecule has 0 spiro atoms. The number of hydrogen-bond donors (Lipinski definition) is 2. The first kappa shape index (κ1) is 16.7. The van der Waals surface area contributed by atoms with Crippen molar-refractivity contribution in [3.8, 4) is 23.3 Å². The van der Waals surface area contributed by atoms with Gasteiger partial charge in [-0.25, -0.2) is 0 Å². The Morgan fingerprint density at radius 1 is 1.32 bits per heavy atom. The molecule has 1 saturated heterocycles. The minimum Gasteiger partial charge on any atom is -0.344 e. The predicted molar refractivity (Wildman–Crippen MR) is 94.6 cm³/mol. The van der Waals surface area contributed by atoms with Crippen LogP contribution in [0.15, 0.2) is 35.7 Å². The molecule has 0 radical (unpaired) electrons. The summed E-state index contributed by atoms with van der Waals surface area (Å²) in [5.41, 5.74) is 1.41. The first-order valence-corrected chi connectivity index (χ1v) is 8.42. The number of thiophene rings is 1. The average Bonchev–Trinajstić information content (AvgIpc) is 3.11. The molecule has 3 rings (SSSR count). The van der Waals surface area contributed by atoms with Gasteiger partial charge in [-0.1, -0.05) is 12.1 Å². The van der Waals surface area contributed by atoms with E-state index in [1.165, 1.54) is 18.4 Å². The molecule has 2 atom stereocenters. The van der Waals surface area contributed by atoms with Crippen molar-refractivity contribution in [3.63, 3.8) is 0 Å². The summed E-state index contributed by atoms with van der Waals surface area (Å²) in [4.78, 5) is 14.4. The molecule has 2 heterocycles. The molecule has 1 amide bonds. The molecule has 2 N–H and O–H groups in total. The van der Waals surface area contributed by atoms with Gasteiger partial charge in [0.05, 0.1) is 23.2 Å². The molecule has 0 unspecified atom stereocenters. The van der Waals surface area contributed by atoms with Gasteiger partial charge in [0.15, 0.2) is 11.9 Å². The molecule has 1 aliphatic heterocycles. The molecular formula is C18H15N5OS. The van der Waals surface area contributed by atoms with E-state index in [-0.39, 0.29) is 5.96 Å². The molecule has 1 aromatic heterocycles. The fraction of sp³-hybridized carbons (Fsp3) is 0.222. The number of guanidine groups is 1. The summed E-state index contributed by atoms with van der Waals surface area (Å²) in [6.07, 6.45) is 0. The van der Waals surface area contributed by atoms with Crippen LogP contribution in [0.3, 0.4) is 0 Å². The molecule has 1 aromatic carbocycles. The number of benzene rings is 1. The lowest BCUT2D eigenvalue weighted by Crippen LogP contribution is -2.63. The molecule has 2 aromatic rings. The van der Waals surface area contributed by atoms with E-state index in [2.05, 4.69) is 17.5 Å². The highest BCUT2D eigenvalue weighted by molar-refractivity contribution is 7.10. The maximum Gasteiger partial charge on any atom is 0.249 e. The monoisotopic (exact) mass is 349 g/mol. The third kappa shape index (κ3) is 2.65. The molecule has 1 fully saturated rings. The summed E-state index contributed by atoms with van der Waals surface area (Å²) >= 11 is 1.42. The van der Waals surface area contributed by atoms with E-state index in [0.29, 0.717) is 5.56 Å². The van der Waals surface area contributed by atoms with E-state index in [0.717, 1.165) is 20.9 Å². The first-order chi connectivity index (χ1) is 11.9. The van der Waals surface area contributed by atoms with Crippen molar-refractivity contribution >= 4 is 23.2 Å². The van der Waals surface area contributed by atoms with Gasteiger partial charge in [-0.15, -0.1) is 11.3 Å². The van der Waals surface area contributed by atoms with Crippen LogP contribution in [0.4, 0.5) is 0 Å². The lowest BCUT2D eigenvalue weighted by Gasteiger charge is -2.41. The Morgan fingerprint density at radius 2 is 2.08 bits per heavy atom. The zero-order valence-corrected chi connectivity index (χ0v) is 14.5. The summed E-state index contributed by atoms with van der Waals surface area (Å²) in [5, 5.41) is 31.5. The van der Waals surface area contributed by atoms with E-state index in [4.69, 9.17) is 10.7 Å². The van der Waals surface area contributed by atoms with E-state index in [1.807, 2.05) is 23.6 Å². The second-order valence-corrected chi connectivity index (χ2v) is 6.94. The van der Waals surface area contributed by atoms with Gasteiger partial charge < -0.3 is 5.32 Å². The van der Waals surface area contributed by atoms with Crippen LogP contribution in [-0.4, -0.2) is 23.8 Å². The second kappa shape index (κ2) is 6.04. The van der Waals surface area contributed by atoms with Crippen molar-refractivity contribution in [2.75, 3.05) is 7.05 Å². The average molecular weight is 349 g/mol. The molecule has 0 saturated carbocycles. The quantitative estimate of drug-likeness (QED) is 0.869. The largest absolute Gasteiger partial charge is 0.344 e. The Balaban J connectivity index is 2.03. The van der Waals surface area contributed by atoms with Gasteiger partial charge in [0, 0.05) is 11.9 Å². The lowest BCUT2D eigenvalue weighted by molar-refractivity contribution is -0.132. The predicted octanol–water partition coefficient (Wildman–Crippen LogP) is 2.64. The molecule has 0 aliphatic carbocycles. The Morgan fingerprint density at radius 3 is 2.76 bits per heavy atom. The highest BCUT2D eigenvalue weighted by atomic mass is 32.1. The summed E-state index contributed by atoms with van der Waals surface area (Å²) in [6, 6.07) is 13.4. The van der Waals surface area contributed by atoms with Gasteiger partial charge in [-0.3, -0.25) is 15.1 Å². The third-order valence-electron chi connectivity index (χ3n) is 4.43. The van der Waals surface area contributed by atoms with Crippen LogP contribution in [-0.2, 0) is 10.3 Å². The number of amides is 1. The standard InChI is InChI=1S/C18H15N5OS/c1-18(14(9-20)16(24)23(2)17(21)22-18)15-7-13(10-25-15)12-5-3-4-11(6-12)8-19/h3-7,10,14H,1-2H3,(H2,21,22)/t14-,18+/m1/s1. The smallest absolute Gasteiger partial charge is 0.249 e. The van der Waals surface area contributed by atoms with Crippen molar-refractivity contribution in [1.29, 1.82) is 15.9 Å². The van der Waals surface area contributed by atoms with Crippen LogP contribution in [0.25, 0.3) is 11.1 Å². The number of nitrogens with zero attached hydrogens (tertiary/aromatic N) is 3. The van der Waals surface area contributed by atoms with Crippen molar-refractivity contribution in [3.05, 3.63) is 46.2 Å². The van der Waals surface area contributed by atoms with E-state index < -0.39 is 17.4 Å². The summed E-state index contributed by atoms with van der Waals surface area (Å²) in [5.74, 6) is -1.35. The van der Waals surface area contributed by atoms with Crippen molar-refractivity contribution in [2.24, 2.45) is 5.92 Å². The van der Waals surface area contributed by atoms with Gasteiger partial charge >= 0.3 is 0 Å². The van der Waals surface area contributed by atoms with Crippen molar-refractivity contribution in [1.82, 2.24) is 10.2 Å². The summed E-state index contributed by atoms with van der Waals surface area (Å²) < 4.78 is 0. The first-order valence-electron chi connectivity index (χ1n) is 7.54. The van der Waals surface area contributed by atoms with E-state index in [1.54, 1.807) is 19.1 Å². The SMILES string of the molecule is CN1C(=N)N[C@](C)(c2cc(-c3cccc(C#N)c3)cs2)[C@H](C#N)C1=O. The maximum absolute atomic E-state index is 12.4. The van der Waals surface area contributed by atoms with Crippen LogP contribution < -0.4 is 5.32 Å². The van der Waals surface area contributed by atoms with Gasteiger partial charge in [0.1, 0.15) is 0 Å². The van der Waals surface area contributed by atoms with Crippen molar-refractivity contribution in [2.45, 2.75) is 12.5 Å². The van der Waals surface area contributed by atoms with Crippen molar-refractivity contribution < 1.29 is 4.79 Å².